The van der Waals surface area contributed by atoms with E-state index in [-0.39, 0.29) is 18.1 Å². The van der Waals surface area contributed by atoms with Gasteiger partial charge in [0.15, 0.2) is 0 Å². The number of carbonyl (C=O) groups excluding carboxylic acids is 1. The summed E-state index contributed by atoms with van der Waals surface area (Å²) in [5.41, 5.74) is 0.961. The lowest BCUT2D eigenvalue weighted by molar-refractivity contribution is 0.143. The molecule has 1 atom stereocenters. The Hall–Kier alpha value is -2.69. The molecule has 0 unspecified atom stereocenters. The lowest BCUT2D eigenvalue weighted by Crippen LogP contribution is -2.47. The van der Waals surface area contributed by atoms with Crippen LogP contribution in [0.1, 0.15) is 18.1 Å². The summed E-state index contributed by atoms with van der Waals surface area (Å²) in [5.74, 6) is -1.00. The lowest BCUT2D eigenvalue weighted by atomic mass is 9.91. The number of urea groups is 1. The molecular formula is C20H20F2N2O. The Morgan fingerprint density at radius 3 is 2.44 bits per heavy atom. The number of hydrogen-bond donors (Lipinski definition) is 0. The molecule has 0 spiro atoms. The largest absolute Gasteiger partial charge is 0.331 e. The molecule has 3 nitrogen and oxygen atoms in total. The van der Waals surface area contributed by atoms with Gasteiger partial charge in [0.05, 0.1) is 5.54 Å². The van der Waals surface area contributed by atoms with E-state index in [1.165, 1.54) is 11.0 Å². The molecule has 0 aromatic heterocycles. The fourth-order valence-electron chi connectivity index (χ4n) is 3.23. The lowest BCUT2D eigenvalue weighted by Gasteiger charge is -2.36. The molecule has 1 aliphatic heterocycles. The molecule has 2 amide bonds. The number of amides is 2. The van der Waals surface area contributed by atoms with Crippen LogP contribution in [0.25, 0.3) is 5.57 Å². The van der Waals surface area contributed by atoms with Crippen molar-refractivity contribution in [3.63, 3.8) is 0 Å². The van der Waals surface area contributed by atoms with E-state index in [9.17, 15) is 13.6 Å². The van der Waals surface area contributed by atoms with Crippen LogP contribution in [0.15, 0.2) is 54.6 Å². The molecule has 2 aromatic carbocycles. The van der Waals surface area contributed by atoms with E-state index >= 15 is 0 Å². The van der Waals surface area contributed by atoms with Gasteiger partial charge in [-0.3, -0.25) is 0 Å². The second-order valence-corrected chi connectivity index (χ2v) is 6.57. The standard InChI is InChI=1S/C20H20F2N2O/c1-20(15-7-5-4-6-8-15)12-14(13-24(20)19(25)23(2)3)17-11-16(21)9-10-18(17)22/h4-12H,13H2,1-3H3/t20-/m0/s1. The zero-order valence-electron chi connectivity index (χ0n) is 14.5. The number of benzene rings is 2. The molecule has 1 heterocycles. The topological polar surface area (TPSA) is 23.6 Å². The minimum atomic E-state index is -0.739. The summed E-state index contributed by atoms with van der Waals surface area (Å²) < 4.78 is 27.9. The summed E-state index contributed by atoms with van der Waals surface area (Å²) in [6.45, 7) is 2.12. The van der Waals surface area contributed by atoms with E-state index in [1.807, 2.05) is 43.3 Å². The minimum absolute atomic E-state index is 0.186. The van der Waals surface area contributed by atoms with Crippen LogP contribution in [0.2, 0.25) is 0 Å². The fraction of sp³-hybridized carbons (Fsp3) is 0.250. The summed E-state index contributed by atoms with van der Waals surface area (Å²) in [5, 5.41) is 0. The van der Waals surface area contributed by atoms with Crippen LogP contribution in [-0.4, -0.2) is 36.5 Å². The Morgan fingerprint density at radius 1 is 1.12 bits per heavy atom. The van der Waals surface area contributed by atoms with Gasteiger partial charge < -0.3 is 9.80 Å². The second kappa shape index (κ2) is 6.31. The SMILES string of the molecule is CN(C)C(=O)N1CC(c2cc(F)ccc2F)=C[C@@]1(C)c1ccccc1. The molecule has 1 aliphatic rings. The van der Waals surface area contributed by atoms with Gasteiger partial charge in [0, 0.05) is 26.2 Å². The summed E-state index contributed by atoms with van der Waals surface area (Å²) >= 11 is 0. The molecule has 25 heavy (non-hydrogen) atoms. The van der Waals surface area contributed by atoms with Gasteiger partial charge in [0.2, 0.25) is 0 Å². The normalized spacial score (nSPS) is 19.7. The van der Waals surface area contributed by atoms with Crippen molar-refractivity contribution in [2.45, 2.75) is 12.5 Å². The summed E-state index contributed by atoms with van der Waals surface area (Å²) in [7, 11) is 3.35. The van der Waals surface area contributed by atoms with Crippen molar-refractivity contribution in [3.05, 3.63) is 77.4 Å². The van der Waals surface area contributed by atoms with Gasteiger partial charge in [-0.15, -0.1) is 0 Å². The van der Waals surface area contributed by atoms with Crippen molar-refractivity contribution in [1.29, 1.82) is 0 Å². The summed E-state index contributed by atoms with van der Waals surface area (Å²) in [6.07, 6.45) is 1.85. The van der Waals surface area contributed by atoms with E-state index in [2.05, 4.69) is 0 Å². The zero-order chi connectivity index (χ0) is 18.2. The molecule has 0 radical (unpaired) electrons. The van der Waals surface area contributed by atoms with Crippen LogP contribution in [0.4, 0.5) is 13.6 Å². The molecule has 2 aromatic rings. The van der Waals surface area contributed by atoms with Gasteiger partial charge in [-0.05, 0) is 42.3 Å². The average Bonchev–Trinajstić information content (AvgIpc) is 2.95. The van der Waals surface area contributed by atoms with E-state index in [0.29, 0.717) is 5.57 Å². The molecule has 0 saturated heterocycles. The minimum Gasteiger partial charge on any atom is -0.331 e. The zero-order valence-corrected chi connectivity index (χ0v) is 14.5. The van der Waals surface area contributed by atoms with Crippen LogP contribution in [0.3, 0.4) is 0 Å². The van der Waals surface area contributed by atoms with Crippen LogP contribution in [-0.2, 0) is 5.54 Å². The highest BCUT2D eigenvalue weighted by molar-refractivity contribution is 5.83. The molecule has 0 fully saturated rings. The Kier molecular flexibility index (Phi) is 4.33. The van der Waals surface area contributed by atoms with Gasteiger partial charge in [-0.1, -0.05) is 30.3 Å². The monoisotopic (exact) mass is 342 g/mol. The molecule has 0 saturated carbocycles. The first-order valence-corrected chi connectivity index (χ1v) is 8.04. The molecule has 0 aliphatic carbocycles. The quantitative estimate of drug-likeness (QED) is 0.800. The Bertz CT molecular complexity index is 833. The van der Waals surface area contributed by atoms with Crippen molar-refractivity contribution >= 4 is 11.6 Å². The fourth-order valence-corrected chi connectivity index (χ4v) is 3.23. The van der Waals surface area contributed by atoms with Crippen molar-refractivity contribution in [2.24, 2.45) is 0 Å². The van der Waals surface area contributed by atoms with Gasteiger partial charge in [-0.2, -0.15) is 0 Å². The summed E-state index contributed by atoms with van der Waals surface area (Å²) in [6, 6.07) is 12.7. The number of halogens is 2. The molecule has 0 N–H and O–H groups in total. The molecule has 3 rings (SSSR count). The van der Waals surface area contributed by atoms with Crippen molar-refractivity contribution < 1.29 is 13.6 Å². The van der Waals surface area contributed by atoms with Gasteiger partial charge >= 0.3 is 6.03 Å². The molecular weight excluding hydrogens is 322 g/mol. The molecule has 5 heteroatoms. The van der Waals surface area contributed by atoms with Crippen LogP contribution in [0.5, 0.6) is 0 Å². The van der Waals surface area contributed by atoms with Crippen molar-refractivity contribution in [1.82, 2.24) is 9.80 Å². The Labute approximate surface area is 146 Å². The smallest absolute Gasteiger partial charge is 0.320 e. The average molecular weight is 342 g/mol. The molecule has 0 bridgehead atoms. The predicted octanol–water partition coefficient (Wildman–Crippen LogP) is 4.26. The highest BCUT2D eigenvalue weighted by Crippen LogP contribution is 2.40. The van der Waals surface area contributed by atoms with Crippen LogP contribution >= 0.6 is 0 Å². The van der Waals surface area contributed by atoms with E-state index < -0.39 is 17.2 Å². The van der Waals surface area contributed by atoms with Gasteiger partial charge in [0.1, 0.15) is 11.6 Å². The van der Waals surface area contributed by atoms with Gasteiger partial charge in [-0.25, -0.2) is 13.6 Å². The van der Waals surface area contributed by atoms with E-state index in [0.717, 1.165) is 17.7 Å². The number of hydrogen-bond acceptors (Lipinski definition) is 1. The highest BCUT2D eigenvalue weighted by atomic mass is 19.1. The highest BCUT2D eigenvalue weighted by Gasteiger charge is 2.41. The number of rotatable bonds is 2. The van der Waals surface area contributed by atoms with E-state index in [1.54, 1.807) is 19.0 Å². The van der Waals surface area contributed by atoms with Crippen LogP contribution < -0.4 is 0 Å². The summed E-state index contributed by atoms with van der Waals surface area (Å²) in [4.78, 5) is 15.9. The first kappa shape index (κ1) is 17.1. The second-order valence-electron chi connectivity index (χ2n) is 6.57. The number of carbonyl (C=O) groups is 1. The van der Waals surface area contributed by atoms with Crippen molar-refractivity contribution in [2.75, 3.05) is 20.6 Å². The van der Waals surface area contributed by atoms with Gasteiger partial charge in [0.25, 0.3) is 0 Å². The Balaban J connectivity index is 2.12. The third-order valence-corrected chi connectivity index (χ3v) is 4.59. The number of nitrogens with zero attached hydrogens (tertiary/aromatic N) is 2. The maximum Gasteiger partial charge on any atom is 0.320 e. The molecule has 130 valence electrons. The third kappa shape index (κ3) is 3.02. The Morgan fingerprint density at radius 2 is 1.80 bits per heavy atom. The van der Waals surface area contributed by atoms with E-state index in [4.69, 9.17) is 0 Å². The predicted molar refractivity (Wildman–Crippen MR) is 93.9 cm³/mol. The maximum atomic E-state index is 14.2. The first-order chi connectivity index (χ1) is 11.8. The third-order valence-electron chi connectivity index (χ3n) is 4.59. The maximum absolute atomic E-state index is 14.2. The first-order valence-electron chi connectivity index (χ1n) is 8.04. The van der Waals surface area contributed by atoms with Crippen LogP contribution in [0, 0.1) is 11.6 Å². The van der Waals surface area contributed by atoms with Crippen molar-refractivity contribution in [3.8, 4) is 0 Å².